The van der Waals surface area contributed by atoms with Crippen LogP contribution in [0.3, 0.4) is 0 Å². The minimum Gasteiger partial charge on any atom is -0.452 e. The van der Waals surface area contributed by atoms with E-state index in [1.54, 1.807) is 30.3 Å². The Morgan fingerprint density at radius 1 is 1.31 bits per heavy atom. The predicted octanol–water partition coefficient (Wildman–Crippen LogP) is 4.29. The molecule has 1 saturated carbocycles. The molecule has 0 saturated heterocycles. The van der Waals surface area contributed by atoms with E-state index in [1.165, 1.54) is 24.6 Å². The highest BCUT2D eigenvalue weighted by molar-refractivity contribution is 6.30. The number of hydrogen-bond acceptors (Lipinski definition) is 3. The first-order valence-electron chi connectivity index (χ1n) is 8.52. The smallest absolute Gasteiger partial charge is 0.331 e. The highest BCUT2D eigenvalue weighted by atomic mass is 35.5. The van der Waals surface area contributed by atoms with Crippen LogP contribution in [0.4, 0.5) is 5.69 Å². The van der Waals surface area contributed by atoms with Gasteiger partial charge in [0.15, 0.2) is 6.61 Å². The molecule has 6 heteroatoms. The van der Waals surface area contributed by atoms with Crippen molar-refractivity contribution < 1.29 is 14.3 Å². The van der Waals surface area contributed by atoms with Crippen LogP contribution in [-0.4, -0.2) is 23.1 Å². The predicted molar refractivity (Wildman–Crippen MR) is 102 cm³/mol. The van der Waals surface area contributed by atoms with Crippen LogP contribution in [0.15, 0.2) is 36.4 Å². The first-order valence-corrected chi connectivity index (χ1v) is 8.90. The number of anilines is 1. The number of aryl methyl sites for hydroxylation is 1. The van der Waals surface area contributed by atoms with Crippen LogP contribution in [0.1, 0.15) is 35.8 Å². The lowest BCUT2D eigenvalue weighted by molar-refractivity contribution is -0.142. The van der Waals surface area contributed by atoms with Gasteiger partial charge in [0, 0.05) is 34.2 Å². The summed E-state index contributed by atoms with van der Waals surface area (Å²) in [6.07, 6.45) is 5.51. The Morgan fingerprint density at radius 2 is 2.08 bits per heavy atom. The molecular formula is C20H21ClN2O3. The molecule has 1 aliphatic carbocycles. The van der Waals surface area contributed by atoms with Gasteiger partial charge in [0.05, 0.1) is 0 Å². The van der Waals surface area contributed by atoms with Gasteiger partial charge in [0.25, 0.3) is 5.91 Å². The maximum absolute atomic E-state index is 11.9. The Morgan fingerprint density at radius 3 is 2.77 bits per heavy atom. The summed E-state index contributed by atoms with van der Waals surface area (Å²) in [4.78, 5) is 23.7. The molecule has 0 bridgehead atoms. The number of nitrogens with zero attached hydrogens (tertiary/aromatic N) is 1. The van der Waals surface area contributed by atoms with Crippen LogP contribution >= 0.6 is 11.6 Å². The first-order chi connectivity index (χ1) is 12.4. The zero-order valence-electron chi connectivity index (χ0n) is 14.8. The molecule has 0 atom stereocenters. The molecule has 1 aromatic heterocycles. The number of halogens is 1. The van der Waals surface area contributed by atoms with Crippen LogP contribution in [-0.2, 0) is 14.3 Å². The number of carbonyl (C=O) groups excluding carboxylic acids is 2. The standard InChI is InChI=1S/C20H21ClN2O3/c1-13-10-15(14(2)23(13)18-7-8-18)6-9-20(25)26-12-19(24)22-17-5-3-4-16(21)11-17/h3-6,9-11,18H,7-8,12H2,1-2H3,(H,22,24)/b9-6+. The van der Waals surface area contributed by atoms with Crippen LogP contribution in [0.25, 0.3) is 6.08 Å². The molecule has 1 heterocycles. The number of aromatic nitrogens is 1. The Balaban J connectivity index is 1.52. The fourth-order valence-electron chi connectivity index (χ4n) is 2.97. The minimum atomic E-state index is -0.553. The third-order valence-corrected chi connectivity index (χ3v) is 4.52. The number of amides is 1. The fraction of sp³-hybridized carbons (Fsp3) is 0.300. The highest BCUT2D eigenvalue weighted by Gasteiger charge is 2.26. The zero-order valence-corrected chi connectivity index (χ0v) is 15.5. The molecule has 0 radical (unpaired) electrons. The van der Waals surface area contributed by atoms with Gasteiger partial charge in [-0.15, -0.1) is 0 Å². The van der Waals surface area contributed by atoms with Gasteiger partial charge >= 0.3 is 5.97 Å². The van der Waals surface area contributed by atoms with Crippen LogP contribution in [0.2, 0.25) is 5.02 Å². The molecule has 1 aliphatic rings. The van der Waals surface area contributed by atoms with E-state index in [0.717, 1.165) is 11.3 Å². The van der Waals surface area contributed by atoms with E-state index < -0.39 is 11.9 Å². The SMILES string of the molecule is Cc1cc(/C=C/C(=O)OCC(=O)Nc2cccc(Cl)c2)c(C)n1C1CC1. The number of hydrogen-bond donors (Lipinski definition) is 1. The number of nitrogens with one attached hydrogen (secondary N) is 1. The third-order valence-electron chi connectivity index (χ3n) is 4.29. The van der Waals surface area contributed by atoms with E-state index in [1.807, 2.05) is 0 Å². The zero-order chi connectivity index (χ0) is 18.7. The molecule has 3 rings (SSSR count). The second-order valence-corrected chi connectivity index (χ2v) is 6.86. The average Bonchev–Trinajstić information content (AvgIpc) is 3.37. The monoisotopic (exact) mass is 372 g/mol. The van der Waals surface area contributed by atoms with Crippen molar-refractivity contribution in [2.45, 2.75) is 32.7 Å². The quantitative estimate of drug-likeness (QED) is 0.607. The number of benzene rings is 1. The van der Waals surface area contributed by atoms with Crippen molar-refractivity contribution in [2.75, 3.05) is 11.9 Å². The lowest BCUT2D eigenvalue weighted by atomic mass is 10.2. The molecule has 5 nitrogen and oxygen atoms in total. The maximum Gasteiger partial charge on any atom is 0.331 e. The van der Waals surface area contributed by atoms with Crippen molar-refractivity contribution in [3.8, 4) is 0 Å². The van der Waals surface area contributed by atoms with Crippen LogP contribution in [0.5, 0.6) is 0 Å². The molecule has 136 valence electrons. The van der Waals surface area contributed by atoms with E-state index in [2.05, 4.69) is 29.8 Å². The number of carbonyl (C=O) groups is 2. The van der Waals surface area contributed by atoms with Crippen molar-refractivity contribution >= 4 is 35.2 Å². The molecule has 1 aromatic carbocycles. The second-order valence-electron chi connectivity index (χ2n) is 6.43. The maximum atomic E-state index is 11.9. The van der Waals surface area contributed by atoms with E-state index in [0.29, 0.717) is 16.8 Å². The summed E-state index contributed by atoms with van der Waals surface area (Å²) in [6.45, 7) is 3.77. The van der Waals surface area contributed by atoms with Crippen molar-refractivity contribution in [1.29, 1.82) is 0 Å². The van der Waals surface area contributed by atoms with E-state index in [4.69, 9.17) is 16.3 Å². The molecule has 0 aliphatic heterocycles. The van der Waals surface area contributed by atoms with Crippen molar-refractivity contribution in [2.24, 2.45) is 0 Å². The molecule has 1 amide bonds. The minimum absolute atomic E-state index is 0.350. The largest absolute Gasteiger partial charge is 0.452 e. The molecule has 2 aromatic rings. The van der Waals surface area contributed by atoms with Crippen molar-refractivity contribution in [3.63, 3.8) is 0 Å². The van der Waals surface area contributed by atoms with Gasteiger partial charge in [-0.05, 0) is 62.6 Å². The van der Waals surface area contributed by atoms with E-state index in [-0.39, 0.29) is 6.61 Å². The number of rotatable bonds is 6. The summed E-state index contributed by atoms with van der Waals surface area (Å²) < 4.78 is 7.30. The summed E-state index contributed by atoms with van der Waals surface area (Å²) >= 11 is 5.86. The van der Waals surface area contributed by atoms with Gasteiger partial charge < -0.3 is 14.6 Å². The first kappa shape index (κ1) is 18.3. The fourth-order valence-corrected chi connectivity index (χ4v) is 3.16. The van der Waals surface area contributed by atoms with Gasteiger partial charge in [-0.2, -0.15) is 0 Å². The number of ether oxygens (including phenoxy) is 1. The Kier molecular flexibility index (Phi) is 5.47. The van der Waals surface area contributed by atoms with Gasteiger partial charge in [-0.3, -0.25) is 4.79 Å². The van der Waals surface area contributed by atoms with E-state index in [9.17, 15) is 9.59 Å². The molecule has 0 spiro atoms. The average molecular weight is 373 g/mol. The molecule has 26 heavy (non-hydrogen) atoms. The van der Waals surface area contributed by atoms with Gasteiger partial charge in [0.1, 0.15) is 0 Å². The van der Waals surface area contributed by atoms with Crippen molar-refractivity contribution in [3.05, 3.63) is 58.4 Å². The summed E-state index contributed by atoms with van der Waals surface area (Å²) in [5.41, 5.74) is 3.89. The molecule has 1 fully saturated rings. The topological polar surface area (TPSA) is 60.3 Å². The van der Waals surface area contributed by atoms with Gasteiger partial charge in [-0.25, -0.2) is 4.79 Å². The van der Waals surface area contributed by atoms with Gasteiger partial charge in [0.2, 0.25) is 0 Å². The highest BCUT2D eigenvalue weighted by Crippen LogP contribution is 2.38. The lowest BCUT2D eigenvalue weighted by Crippen LogP contribution is -2.20. The van der Waals surface area contributed by atoms with E-state index >= 15 is 0 Å². The second kappa shape index (κ2) is 7.79. The normalized spacial score (nSPS) is 13.8. The Bertz CT molecular complexity index is 866. The summed E-state index contributed by atoms with van der Waals surface area (Å²) in [5.74, 6) is -0.969. The summed E-state index contributed by atoms with van der Waals surface area (Å²) in [6, 6.07) is 9.42. The summed E-state index contributed by atoms with van der Waals surface area (Å²) in [5, 5.41) is 3.14. The molecule has 1 N–H and O–H groups in total. The third kappa shape index (κ3) is 4.55. The molecule has 0 unspecified atom stereocenters. The van der Waals surface area contributed by atoms with Gasteiger partial charge in [-0.1, -0.05) is 17.7 Å². The summed E-state index contributed by atoms with van der Waals surface area (Å²) in [7, 11) is 0. The lowest BCUT2D eigenvalue weighted by Gasteiger charge is -2.06. The molecular weight excluding hydrogens is 352 g/mol. The van der Waals surface area contributed by atoms with Crippen LogP contribution < -0.4 is 5.32 Å². The number of esters is 1. The Labute approximate surface area is 157 Å². The van der Waals surface area contributed by atoms with Crippen LogP contribution in [0, 0.1) is 13.8 Å². The Hall–Kier alpha value is -2.53. The van der Waals surface area contributed by atoms with Crippen molar-refractivity contribution in [1.82, 2.24) is 4.57 Å².